The number of benzene rings is 1. The van der Waals surface area contributed by atoms with Crippen LogP contribution >= 0.6 is 0 Å². The molecule has 0 spiro atoms. The van der Waals surface area contributed by atoms with Gasteiger partial charge in [-0.1, -0.05) is 12.1 Å². The molecule has 1 aromatic carbocycles. The summed E-state index contributed by atoms with van der Waals surface area (Å²) < 4.78 is 6.50. The van der Waals surface area contributed by atoms with Crippen molar-refractivity contribution in [1.82, 2.24) is 20.4 Å². The lowest BCUT2D eigenvalue weighted by Crippen LogP contribution is -2.42. The van der Waals surface area contributed by atoms with Gasteiger partial charge in [-0.05, 0) is 50.5 Å². The van der Waals surface area contributed by atoms with Gasteiger partial charge in [0, 0.05) is 38.1 Å². The lowest BCUT2D eigenvalue weighted by molar-refractivity contribution is 0.187. The van der Waals surface area contributed by atoms with Crippen LogP contribution in [-0.4, -0.2) is 42.0 Å². The average Bonchev–Trinajstić information content (AvgIpc) is 2.92. The lowest BCUT2D eigenvalue weighted by Gasteiger charge is -2.18. The number of carbonyl (C=O) groups excluding carboxylic acids is 1. The van der Waals surface area contributed by atoms with E-state index >= 15 is 0 Å². The molecule has 0 saturated heterocycles. The largest absolute Gasteiger partial charge is 0.453 e. The van der Waals surface area contributed by atoms with Crippen molar-refractivity contribution >= 4 is 17.7 Å². The average molecular weight is 387 g/mol. The maximum Gasteiger partial charge on any atom is 0.411 e. The number of rotatable bonds is 6. The van der Waals surface area contributed by atoms with E-state index < -0.39 is 6.09 Å². The van der Waals surface area contributed by atoms with Gasteiger partial charge in [-0.25, -0.2) is 4.79 Å². The number of amides is 1. The molecule has 1 amide bonds. The molecule has 2 aromatic rings. The topological polar surface area (TPSA) is 92.6 Å². The summed E-state index contributed by atoms with van der Waals surface area (Å²) in [6, 6.07) is 7.76. The maximum absolute atomic E-state index is 11.2. The normalized spacial score (nSPS) is 12.4. The molecule has 28 heavy (non-hydrogen) atoms. The minimum Gasteiger partial charge on any atom is -0.453 e. The summed E-state index contributed by atoms with van der Waals surface area (Å²) in [5, 5.41) is 13.8. The molecule has 0 fully saturated rings. The highest BCUT2D eigenvalue weighted by molar-refractivity contribution is 5.84. The highest BCUT2D eigenvalue weighted by Gasteiger charge is 2.14. The van der Waals surface area contributed by atoms with Crippen molar-refractivity contribution in [3.63, 3.8) is 0 Å². The van der Waals surface area contributed by atoms with Crippen LogP contribution in [0.1, 0.15) is 29.4 Å². The molecular formula is C20H30N6O2. The van der Waals surface area contributed by atoms with Crippen LogP contribution in [-0.2, 0) is 24.8 Å². The van der Waals surface area contributed by atoms with Crippen LogP contribution in [0.2, 0.25) is 0 Å². The molecule has 1 aromatic heterocycles. The van der Waals surface area contributed by atoms with Crippen LogP contribution in [0.5, 0.6) is 0 Å². The minimum atomic E-state index is -0.483. The van der Waals surface area contributed by atoms with E-state index in [0.29, 0.717) is 12.2 Å². The summed E-state index contributed by atoms with van der Waals surface area (Å²) in [4.78, 5) is 15.5. The number of guanidine groups is 1. The number of ether oxygens (including phenoxy) is 1. The molecule has 1 unspecified atom stereocenters. The highest BCUT2D eigenvalue weighted by atomic mass is 16.5. The fourth-order valence-corrected chi connectivity index (χ4v) is 2.96. The Kier molecular flexibility index (Phi) is 7.43. The third-order valence-corrected chi connectivity index (χ3v) is 4.62. The number of aromatic nitrogens is 2. The number of hydrogen-bond acceptors (Lipinski definition) is 4. The van der Waals surface area contributed by atoms with Crippen LogP contribution in [0.4, 0.5) is 10.5 Å². The van der Waals surface area contributed by atoms with Crippen LogP contribution in [0, 0.1) is 13.8 Å². The van der Waals surface area contributed by atoms with Gasteiger partial charge in [-0.2, -0.15) is 5.10 Å². The zero-order valence-electron chi connectivity index (χ0n) is 17.5. The summed E-state index contributed by atoms with van der Waals surface area (Å²) in [6.45, 7) is 6.89. The third-order valence-electron chi connectivity index (χ3n) is 4.62. The van der Waals surface area contributed by atoms with Gasteiger partial charge in [0.2, 0.25) is 0 Å². The summed E-state index contributed by atoms with van der Waals surface area (Å²) >= 11 is 0. The van der Waals surface area contributed by atoms with Gasteiger partial charge in [-0.3, -0.25) is 15.0 Å². The predicted octanol–water partition coefficient (Wildman–Crippen LogP) is 2.51. The SMILES string of the molecule is CN=C(NCc1ccc(NC(=O)OC)cc1)NC(C)Cc1c(C)nn(C)c1C. The van der Waals surface area contributed by atoms with Crippen molar-refractivity contribution in [3.8, 4) is 0 Å². The van der Waals surface area contributed by atoms with Gasteiger partial charge < -0.3 is 15.4 Å². The second kappa shape index (κ2) is 9.77. The summed E-state index contributed by atoms with van der Waals surface area (Å²) in [5.74, 6) is 0.739. The maximum atomic E-state index is 11.2. The molecule has 0 radical (unpaired) electrons. The first-order valence-corrected chi connectivity index (χ1v) is 9.24. The second-order valence-corrected chi connectivity index (χ2v) is 6.76. The molecule has 8 heteroatoms. The molecule has 8 nitrogen and oxygen atoms in total. The van der Waals surface area contributed by atoms with Gasteiger partial charge in [0.1, 0.15) is 0 Å². The first-order valence-electron chi connectivity index (χ1n) is 9.24. The number of carbonyl (C=O) groups is 1. The molecular weight excluding hydrogens is 356 g/mol. The van der Waals surface area contributed by atoms with Gasteiger partial charge in [0.25, 0.3) is 0 Å². The van der Waals surface area contributed by atoms with Gasteiger partial charge in [-0.15, -0.1) is 0 Å². The first kappa shape index (κ1) is 21.3. The predicted molar refractivity (Wildman–Crippen MR) is 112 cm³/mol. The number of aliphatic imine (C=N–C) groups is 1. The van der Waals surface area contributed by atoms with Crippen molar-refractivity contribution in [2.24, 2.45) is 12.0 Å². The number of nitrogens with zero attached hydrogens (tertiary/aromatic N) is 3. The van der Waals surface area contributed by atoms with Crippen molar-refractivity contribution in [2.75, 3.05) is 19.5 Å². The van der Waals surface area contributed by atoms with Crippen molar-refractivity contribution in [2.45, 2.75) is 39.8 Å². The minimum absolute atomic E-state index is 0.208. The van der Waals surface area contributed by atoms with Crippen molar-refractivity contribution in [1.29, 1.82) is 0 Å². The standard InChI is InChI=1S/C20H30N6O2/c1-13(11-18-14(2)25-26(5)15(18)3)23-19(21-4)22-12-16-7-9-17(10-8-16)24-20(27)28-6/h7-10,13H,11-12H2,1-6H3,(H,24,27)(H2,21,22,23). The molecule has 0 aliphatic carbocycles. The number of anilines is 1. The van der Waals surface area contributed by atoms with E-state index in [1.807, 2.05) is 42.9 Å². The number of hydrogen-bond donors (Lipinski definition) is 3. The Hall–Kier alpha value is -3.03. The Labute approximate surface area is 166 Å². The van der Waals surface area contributed by atoms with Gasteiger partial charge in [0.15, 0.2) is 5.96 Å². The molecule has 1 heterocycles. The molecule has 0 bridgehead atoms. The highest BCUT2D eigenvalue weighted by Crippen LogP contribution is 2.14. The quantitative estimate of drug-likeness (QED) is 0.524. The monoisotopic (exact) mass is 386 g/mol. The molecule has 0 saturated carbocycles. The van der Waals surface area contributed by atoms with Crippen LogP contribution in [0.25, 0.3) is 0 Å². The van der Waals surface area contributed by atoms with E-state index in [2.05, 4.69) is 44.6 Å². The zero-order valence-corrected chi connectivity index (χ0v) is 17.5. The lowest BCUT2D eigenvalue weighted by atomic mass is 10.1. The second-order valence-electron chi connectivity index (χ2n) is 6.76. The summed E-state index contributed by atoms with van der Waals surface area (Å²) in [7, 11) is 5.06. The zero-order chi connectivity index (χ0) is 20.7. The third kappa shape index (κ3) is 5.73. The number of nitrogens with one attached hydrogen (secondary N) is 3. The molecule has 1 atom stereocenters. The van der Waals surface area contributed by atoms with E-state index in [4.69, 9.17) is 0 Å². The van der Waals surface area contributed by atoms with Gasteiger partial charge in [0.05, 0.1) is 12.8 Å². The number of methoxy groups -OCH3 is 1. The fraction of sp³-hybridized carbons (Fsp3) is 0.450. The van der Waals surface area contributed by atoms with Gasteiger partial charge >= 0.3 is 6.09 Å². The van der Waals surface area contributed by atoms with Crippen LogP contribution in [0.15, 0.2) is 29.3 Å². The molecule has 3 N–H and O–H groups in total. The molecule has 0 aliphatic heterocycles. The Morgan fingerprint density at radius 3 is 2.50 bits per heavy atom. The van der Waals surface area contributed by atoms with Crippen LogP contribution < -0.4 is 16.0 Å². The Morgan fingerprint density at radius 1 is 1.29 bits per heavy atom. The Morgan fingerprint density at radius 2 is 1.96 bits per heavy atom. The molecule has 152 valence electrons. The van der Waals surface area contributed by atoms with E-state index in [0.717, 1.165) is 23.6 Å². The summed E-state index contributed by atoms with van der Waals surface area (Å²) in [5.41, 5.74) is 5.29. The van der Waals surface area contributed by atoms with Crippen molar-refractivity contribution < 1.29 is 9.53 Å². The van der Waals surface area contributed by atoms with Crippen LogP contribution in [0.3, 0.4) is 0 Å². The number of aryl methyl sites for hydroxylation is 2. The Balaban J connectivity index is 1.87. The van der Waals surface area contributed by atoms with E-state index in [-0.39, 0.29) is 6.04 Å². The first-order chi connectivity index (χ1) is 13.3. The van der Waals surface area contributed by atoms with E-state index in [1.54, 1.807) is 7.05 Å². The van der Waals surface area contributed by atoms with E-state index in [1.165, 1.54) is 18.4 Å². The van der Waals surface area contributed by atoms with Crippen molar-refractivity contribution in [3.05, 3.63) is 46.8 Å². The molecule has 2 rings (SSSR count). The Bertz CT molecular complexity index is 826. The smallest absolute Gasteiger partial charge is 0.411 e. The van der Waals surface area contributed by atoms with E-state index in [9.17, 15) is 4.79 Å². The molecule has 0 aliphatic rings. The summed E-state index contributed by atoms with van der Waals surface area (Å²) in [6.07, 6.45) is 0.392. The fourth-order valence-electron chi connectivity index (χ4n) is 2.96.